The molecular weight excluding hydrogens is 432 g/mol. The molecule has 172 valence electrons. The summed E-state index contributed by atoms with van der Waals surface area (Å²) in [5.74, 6) is -0.0280. The third-order valence-corrected chi connectivity index (χ3v) is 5.16. The van der Waals surface area contributed by atoms with Crippen LogP contribution in [0.3, 0.4) is 0 Å². The van der Waals surface area contributed by atoms with Gasteiger partial charge in [-0.1, -0.05) is 54.6 Å². The summed E-state index contributed by atoms with van der Waals surface area (Å²) in [6, 6.07) is 19.7. The molecule has 0 spiro atoms. The maximum absolute atomic E-state index is 12.8. The number of nitrogens with one attached hydrogen (secondary N) is 1. The number of pyridine rings is 1. The van der Waals surface area contributed by atoms with Crippen LogP contribution in [0.2, 0.25) is 0 Å². The van der Waals surface area contributed by atoms with Gasteiger partial charge in [0, 0.05) is 25.0 Å². The smallest absolute Gasteiger partial charge is 0.341 e. The first-order valence-electron chi connectivity index (χ1n) is 10.8. The normalized spacial score (nSPS) is 10.5. The van der Waals surface area contributed by atoms with Crippen molar-refractivity contribution in [1.29, 1.82) is 0 Å². The molecule has 0 unspecified atom stereocenters. The third kappa shape index (κ3) is 5.12. The lowest BCUT2D eigenvalue weighted by Crippen LogP contribution is -2.23. The number of carbonyl (C=O) groups is 2. The van der Waals surface area contributed by atoms with E-state index in [0.717, 1.165) is 16.7 Å². The number of hydrogen-bond donors (Lipinski definition) is 1. The molecule has 0 fully saturated rings. The van der Waals surface area contributed by atoms with E-state index in [0.29, 0.717) is 29.2 Å². The van der Waals surface area contributed by atoms with E-state index in [2.05, 4.69) is 27.5 Å². The average molecular weight is 457 g/mol. The highest BCUT2D eigenvalue weighted by atomic mass is 16.5. The molecule has 0 saturated carbocycles. The van der Waals surface area contributed by atoms with E-state index in [1.165, 1.54) is 30.4 Å². The Labute approximate surface area is 197 Å². The summed E-state index contributed by atoms with van der Waals surface area (Å²) in [4.78, 5) is 29.0. The van der Waals surface area contributed by atoms with Crippen LogP contribution < -0.4 is 10.1 Å². The SMILES string of the molecule is CCOC(=O)c1cnn(-c2cc(OC)c(C(=O)NCc3ccc(-c4ccccc4)cc3)cn2)c1. The molecule has 2 aromatic carbocycles. The molecule has 0 atom stereocenters. The van der Waals surface area contributed by atoms with Gasteiger partial charge in [0.15, 0.2) is 5.82 Å². The highest BCUT2D eigenvalue weighted by molar-refractivity contribution is 5.96. The Morgan fingerprint density at radius 1 is 1.00 bits per heavy atom. The molecule has 0 aliphatic rings. The molecule has 2 aromatic heterocycles. The summed E-state index contributed by atoms with van der Waals surface area (Å²) < 4.78 is 11.8. The summed E-state index contributed by atoms with van der Waals surface area (Å²) in [6.45, 7) is 2.37. The van der Waals surface area contributed by atoms with Crippen molar-refractivity contribution in [3.05, 3.63) is 95.9 Å². The summed E-state index contributed by atoms with van der Waals surface area (Å²) in [6.07, 6.45) is 4.34. The average Bonchev–Trinajstić information content (AvgIpc) is 3.38. The first kappa shape index (κ1) is 22.7. The zero-order valence-electron chi connectivity index (χ0n) is 18.9. The van der Waals surface area contributed by atoms with E-state index >= 15 is 0 Å². The Hall–Kier alpha value is -4.46. The van der Waals surface area contributed by atoms with Gasteiger partial charge in [-0.05, 0) is 23.6 Å². The Kier molecular flexibility index (Phi) is 6.98. The van der Waals surface area contributed by atoms with E-state index in [9.17, 15) is 9.59 Å². The molecule has 34 heavy (non-hydrogen) atoms. The first-order valence-corrected chi connectivity index (χ1v) is 10.8. The molecule has 8 nitrogen and oxygen atoms in total. The van der Waals surface area contributed by atoms with Gasteiger partial charge in [0.1, 0.15) is 5.75 Å². The molecule has 0 aliphatic carbocycles. The molecule has 0 bridgehead atoms. The van der Waals surface area contributed by atoms with Crippen molar-refractivity contribution in [2.75, 3.05) is 13.7 Å². The van der Waals surface area contributed by atoms with Crippen molar-refractivity contribution in [3.63, 3.8) is 0 Å². The number of rotatable bonds is 8. The molecular formula is C26H24N4O4. The van der Waals surface area contributed by atoms with E-state index in [1.807, 2.05) is 42.5 Å². The van der Waals surface area contributed by atoms with Gasteiger partial charge in [0.25, 0.3) is 5.91 Å². The molecule has 4 rings (SSSR count). The number of ether oxygens (including phenoxy) is 2. The van der Waals surface area contributed by atoms with Gasteiger partial charge in [-0.25, -0.2) is 14.5 Å². The van der Waals surface area contributed by atoms with Crippen LogP contribution in [0.1, 0.15) is 33.2 Å². The van der Waals surface area contributed by atoms with Crippen LogP contribution in [-0.4, -0.2) is 40.4 Å². The lowest BCUT2D eigenvalue weighted by atomic mass is 10.0. The molecule has 1 amide bonds. The standard InChI is InChI=1S/C26H24N4O4/c1-3-34-26(32)21-15-29-30(17-21)24-13-23(33-2)22(16-27-24)25(31)28-14-18-9-11-20(12-10-18)19-7-5-4-6-8-19/h4-13,15-17H,3,14H2,1-2H3,(H,28,31). The second-order valence-electron chi connectivity index (χ2n) is 7.38. The Balaban J connectivity index is 1.44. The topological polar surface area (TPSA) is 95.3 Å². The molecule has 0 radical (unpaired) electrons. The predicted molar refractivity (Wildman–Crippen MR) is 127 cm³/mol. The van der Waals surface area contributed by atoms with Crippen LogP contribution in [0.5, 0.6) is 5.75 Å². The van der Waals surface area contributed by atoms with Gasteiger partial charge < -0.3 is 14.8 Å². The van der Waals surface area contributed by atoms with Crippen molar-refractivity contribution in [1.82, 2.24) is 20.1 Å². The first-order chi connectivity index (χ1) is 16.6. The van der Waals surface area contributed by atoms with Crippen LogP contribution in [0.15, 0.2) is 79.3 Å². The number of benzene rings is 2. The predicted octanol–water partition coefficient (Wildman–Crippen LogP) is 4.05. The Bertz CT molecular complexity index is 1280. The Morgan fingerprint density at radius 2 is 1.74 bits per heavy atom. The number of nitrogens with zero attached hydrogens (tertiary/aromatic N) is 3. The monoisotopic (exact) mass is 456 g/mol. The van der Waals surface area contributed by atoms with Crippen molar-refractivity contribution in [2.45, 2.75) is 13.5 Å². The molecule has 4 aromatic rings. The van der Waals surface area contributed by atoms with Crippen molar-refractivity contribution in [2.24, 2.45) is 0 Å². The van der Waals surface area contributed by atoms with E-state index in [-0.39, 0.29) is 12.5 Å². The number of methoxy groups -OCH3 is 1. The second kappa shape index (κ2) is 10.4. The van der Waals surface area contributed by atoms with E-state index in [1.54, 1.807) is 13.0 Å². The van der Waals surface area contributed by atoms with Crippen molar-refractivity contribution >= 4 is 11.9 Å². The lowest BCUT2D eigenvalue weighted by molar-refractivity contribution is 0.0526. The highest BCUT2D eigenvalue weighted by Gasteiger charge is 2.16. The number of hydrogen-bond acceptors (Lipinski definition) is 6. The molecule has 0 saturated heterocycles. The van der Waals surface area contributed by atoms with Crippen LogP contribution in [0.4, 0.5) is 0 Å². The van der Waals surface area contributed by atoms with Crippen LogP contribution >= 0.6 is 0 Å². The van der Waals surface area contributed by atoms with E-state index < -0.39 is 5.97 Å². The fraction of sp³-hybridized carbons (Fsp3) is 0.154. The Morgan fingerprint density at radius 3 is 2.44 bits per heavy atom. The van der Waals surface area contributed by atoms with Crippen molar-refractivity contribution < 1.29 is 19.1 Å². The van der Waals surface area contributed by atoms with E-state index in [4.69, 9.17) is 9.47 Å². The summed E-state index contributed by atoms with van der Waals surface area (Å²) in [5.41, 5.74) is 3.83. The fourth-order valence-corrected chi connectivity index (χ4v) is 3.38. The minimum atomic E-state index is -0.464. The third-order valence-electron chi connectivity index (χ3n) is 5.16. The zero-order valence-corrected chi connectivity index (χ0v) is 18.9. The number of carbonyl (C=O) groups excluding carboxylic acids is 2. The van der Waals surface area contributed by atoms with Gasteiger partial charge in [0.2, 0.25) is 0 Å². The minimum Gasteiger partial charge on any atom is -0.496 e. The fourth-order valence-electron chi connectivity index (χ4n) is 3.38. The largest absolute Gasteiger partial charge is 0.496 e. The molecule has 8 heteroatoms. The van der Waals surface area contributed by atoms with Crippen LogP contribution in [0.25, 0.3) is 16.9 Å². The van der Waals surface area contributed by atoms with Gasteiger partial charge in [0.05, 0.1) is 31.0 Å². The lowest BCUT2D eigenvalue weighted by Gasteiger charge is -2.11. The number of amides is 1. The summed E-state index contributed by atoms with van der Waals surface area (Å²) in [5, 5.41) is 7.04. The zero-order chi connectivity index (χ0) is 23.9. The molecule has 1 N–H and O–H groups in total. The van der Waals surface area contributed by atoms with Crippen molar-refractivity contribution in [3.8, 4) is 22.7 Å². The maximum atomic E-state index is 12.8. The number of esters is 1. The van der Waals surface area contributed by atoms with Gasteiger partial charge in [-0.3, -0.25) is 4.79 Å². The minimum absolute atomic E-state index is 0.275. The second-order valence-corrected chi connectivity index (χ2v) is 7.38. The van der Waals surface area contributed by atoms with Crippen LogP contribution in [0, 0.1) is 0 Å². The van der Waals surface area contributed by atoms with Gasteiger partial charge in [-0.2, -0.15) is 5.10 Å². The van der Waals surface area contributed by atoms with Gasteiger partial charge >= 0.3 is 5.97 Å². The maximum Gasteiger partial charge on any atom is 0.341 e. The molecule has 2 heterocycles. The molecule has 0 aliphatic heterocycles. The number of aromatic nitrogens is 3. The van der Waals surface area contributed by atoms with Crippen LogP contribution in [-0.2, 0) is 11.3 Å². The summed E-state index contributed by atoms with van der Waals surface area (Å²) in [7, 11) is 1.48. The summed E-state index contributed by atoms with van der Waals surface area (Å²) >= 11 is 0. The highest BCUT2D eigenvalue weighted by Crippen LogP contribution is 2.22. The quantitative estimate of drug-likeness (QED) is 0.402. The van der Waals surface area contributed by atoms with Gasteiger partial charge in [-0.15, -0.1) is 0 Å².